The van der Waals surface area contributed by atoms with Gasteiger partial charge in [0.2, 0.25) is 0 Å². The monoisotopic (exact) mass is 617 g/mol. The van der Waals surface area contributed by atoms with E-state index in [1.165, 1.54) is 127 Å². The van der Waals surface area contributed by atoms with E-state index in [4.69, 9.17) is 15.2 Å². The first-order valence-electron chi connectivity index (χ1n) is 18.5. The lowest BCUT2D eigenvalue weighted by Gasteiger charge is -2.13. The van der Waals surface area contributed by atoms with E-state index in [1.54, 1.807) is 12.1 Å². The summed E-state index contributed by atoms with van der Waals surface area (Å²) >= 11 is 0. The number of imide groups is 1. The summed E-state index contributed by atoms with van der Waals surface area (Å²) in [6.45, 7) is 9.61. The van der Waals surface area contributed by atoms with Crippen LogP contribution >= 0.6 is 0 Å². The predicted molar refractivity (Wildman–Crippen MR) is 185 cm³/mol. The number of nitrogens with zero attached hydrogens (tertiary/aromatic N) is 1. The van der Waals surface area contributed by atoms with Crippen LogP contribution in [0, 0.1) is 0 Å². The lowest BCUT2D eigenvalue weighted by molar-refractivity contribution is 0.0651. The van der Waals surface area contributed by atoms with Crippen LogP contribution in [0.4, 0.5) is 0 Å². The molecule has 0 saturated heterocycles. The smallest absolute Gasteiger partial charge is 0.261 e. The SMILES string of the molecule is CCCCCCOCCCCCCCCCN.CCCCCCOCCCCCCCCCN1C(=O)c2ccccc2C1=O. The molecule has 1 aliphatic heterocycles. The van der Waals surface area contributed by atoms with Gasteiger partial charge < -0.3 is 15.2 Å². The van der Waals surface area contributed by atoms with Crippen molar-refractivity contribution in [2.75, 3.05) is 39.5 Å². The summed E-state index contributed by atoms with van der Waals surface area (Å²) in [5.74, 6) is -0.268. The largest absolute Gasteiger partial charge is 0.381 e. The third-order valence-corrected chi connectivity index (χ3v) is 8.33. The molecule has 0 aliphatic carbocycles. The van der Waals surface area contributed by atoms with Crippen molar-refractivity contribution in [1.29, 1.82) is 0 Å². The van der Waals surface area contributed by atoms with Crippen molar-refractivity contribution in [2.45, 2.75) is 155 Å². The molecule has 6 heteroatoms. The number of hydrogen-bond acceptors (Lipinski definition) is 5. The molecule has 1 aromatic carbocycles. The highest BCUT2D eigenvalue weighted by atomic mass is 16.5. The topological polar surface area (TPSA) is 81.9 Å². The van der Waals surface area contributed by atoms with Gasteiger partial charge in [0, 0.05) is 33.0 Å². The molecule has 0 atom stereocenters. The van der Waals surface area contributed by atoms with E-state index in [0.717, 1.165) is 52.2 Å². The van der Waals surface area contributed by atoms with Crippen LogP contribution in [0.2, 0.25) is 0 Å². The third-order valence-electron chi connectivity index (χ3n) is 8.33. The molecule has 1 heterocycles. The summed E-state index contributed by atoms with van der Waals surface area (Å²) in [5.41, 5.74) is 6.55. The molecule has 0 spiro atoms. The molecule has 44 heavy (non-hydrogen) atoms. The summed E-state index contributed by atoms with van der Waals surface area (Å²) < 4.78 is 11.3. The Labute approximate surface area is 271 Å². The van der Waals surface area contributed by atoms with Crippen LogP contribution in [0.25, 0.3) is 0 Å². The minimum atomic E-state index is -0.134. The van der Waals surface area contributed by atoms with Crippen LogP contribution in [-0.4, -0.2) is 56.2 Å². The minimum absolute atomic E-state index is 0.134. The van der Waals surface area contributed by atoms with E-state index in [0.29, 0.717) is 17.7 Å². The molecule has 0 radical (unpaired) electrons. The molecular formula is C38H68N2O4. The van der Waals surface area contributed by atoms with Gasteiger partial charge in [0.05, 0.1) is 11.1 Å². The predicted octanol–water partition coefficient (Wildman–Crippen LogP) is 9.88. The van der Waals surface area contributed by atoms with Gasteiger partial charge in [-0.2, -0.15) is 0 Å². The molecule has 1 aromatic rings. The number of benzene rings is 1. The number of amides is 2. The van der Waals surface area contributed by atoms with Crippen molar-refractivity contribution in [3.05, 3.63) is 35.4 Å². The lowest BCUT2D eigenvalue weighted by atomic mass is 10.1. The van der Waals surface area contributed by atoms with Crippen molar-refractivity contribution in [3.8, 4) is 0 Å². The second-order valence-electron chi connectivity index (χ2n) is 12.4. The van der Waals surface area contributed by atoms with Crippen LogP contribution in [0.15, 0.2) is 24.3 Å². The van der Waals surface area contributed by atoms with Gasteiger partial charge in [-0.3, -0.25) is 14.5 Å². The summed E-state index contributed by atoms with van der Waals surface area (Å²) in [7, 11) is 0. The summed E-state index contributed by atoms with van der Waals surface area (Å²) in [6.07, 6.45) is 27.5. The Morgan fingerprint density at radius 3 is 1.23 bits per heavy atom. The van der Waals surface area contributed by atoms with Gasteiger partial charge >= 0.3 is 0 Å². The molecule has 6 nitrogen and oxygen atoms in total. The normalized spacial score (nSPS) is 12.5. The molecule has 0 saturated carbocycles. The minimum Gasteiger partial charge on any atom is -0.381 e. The maximum atomic E-state index is 12.3. The Morgan fingerprint density at radius 2 is 0.841 bits per heavy atom. The van der Waals surface area contributed by atoms with E-state index in [-0.39, 0.29) is 11.8 Å². The first-order valence-corrected chi connectivity index (χ1v) is 18.5. The highest BCUT2D eigenvalue weighted by Gasteiger charge is 2.34. The summed E-state index contributed by atoms with van der Waals surface area (Å²) in [5, 5.41) is 0. The molecule has 2 amide bonds. The van der Waals surface area contributed by atoms with Crippen LogP contribution in [0.1, 0.15) is 176 Å². The zero-order chi connectivity index (χ0) is 31.9. The molecule has 2 N–H and O–H groups in total. The van der Waals surface area contributed by atoms with E-state index in [2.05, 4.69) is 13.8 Å². The molecule has 0 unspecified atom stereocenters. The Balaban J connectivity index is 0.000000493. The van der Waals surface area contributed by atoms with Gasteiger partial charge in [-0.25, -0.2) is 0 Å². The van der Waals surface area contributed by atoms with Gasteiger partial charge in [0.1, 0.15) is 0 Å². The number of unbranched alkanes of at least 4 members (excludes halogenated alkanes) is 18. The van der Waals surface area contributed by atoms with Crippen LogP contribution < -0.4 is 5.73 Å². The van der Waals surface area contributed by atoms with Crippen molar-refractivity contribution >= 4 is 11.8 Å². The average Bonchev–Trinajstić information content (AvgIpc) is 3.28. The Hall–Kier alpha value is -1.76. The van der Waals surface area contributed by atoms with Crippen LogP contribution in [0.5, 0.6) is 0 Å². The highest BCUT2D eigenvalue weighted by molar-refractivity contribution is 6.21. The van der Waals surface area contributed by atoms with Crippen molar-refractivity contribution in [3.63, 3.8) is 0 Å². The number of carbonyl (C=O) groups excluding carboxylic acids is 2. The third kappa shape index (κ3) is 20.3. The number of hydrogen-bond donors (Lipinski definition) is 1. The van der Waals surface area contributed by atoms with Gasteiger partial charge in [-0.1, -0.05) is 129 Å². The van der Waals surface area contributed by atoms with E-state index >= 15 is 0 Å². The number of carbonyl (C=O) groups is 2. The van der Waals surface area contributed by atoms with E-state index in [9.17, 15) is 9.59 Å². The lowest BCUT2D eigenvalue weighted by Crippen LogP contribution is -2.30. The number of ether oxygens (including phenoxy) is 2. The second kappa shape index (κ2) is 29.9. The second-order valence-corrected chi connectivity index (χ2v) is 12.4. The van der Waals surface area contributed by atoms with Gasteiger partial charge in [0.15, 0.2) is 0 Å². The van der Waals surface area contributed by atoms with E-state index < -0.39 is 0 Å². The molecule has 0 fully saturated rings. The van der Waals surface area contributed by atoms with Gasteiger partial charge in [-0.15, -0.1) is 0 Å². The fourth-order valence-corrected chi connectivity index (χ4v) is 5.50. The summed E-state index contributed by atoms with van der Waals surface area (Å²) in [6, 6.07) is 7.10. The summed E-state index contributed by atoms with van der Waals surface area (Å²) in [4.78, 5) is 25.9. The highest BCUT2D eigenvalue weighted by Crippen LogP contribution is 2.23. The molecular weight excluding hydrogens is 548 g/mol. The Morgan fingerprint density at radius 1 is 0.500 bits per heavy atom. The first kappa shape index (κ1) is 40.3. The van der Waals surface area contributed by atoms with E-state index in [1.807, 2.05) is 12.1 Å². The molecule has 2 rings (SSSR count). The Bertz CT molecular complexity index is 767. The van der Waals surface area contributed by atoms with Crippen molar-refractivity contribution < 1.29 is 19.1 Å². The molecule has 1 aliphatic rings. The van der Waals surface area contributed by atoms with Crippen LogP contribution in [-0.2, 0) is 9.47 Å². The van der Waals surface area contributed by atoms with Crippen molar-refractivity contribution in [1.82, 2.24) is 4.90 Å². The Kier molecular flexibility index (Phi) is 27.4. The maximum absolute atomic E-state index is 12.3. The molecule has 0 aromatic heterocycles. The first-order chi connectivity index (χ1) is 21.7. The van der Waals surface area contributed by atoms with Crippen molar-refractivity contribution in [2.24, 2.45) is 5.73 Å². The van der Waals surface area contributed by atoms with Gasteiger partial charge in [-0.05, 0) is 57.2 Å². The standard InChI is InChI=1S/C23H35NO3.C15H33NO/c1-2-3-4-13-18-27-19-14-9-7-5-6-8-12-17-24-22(25)20-15-10-11-16-21(20)23(24)26;1-2-3-4-11-14-17-15-12-9-7-5-6-8-10-13-16/h10-11,15-16H,2-9,12-14,17-19H2,1H3;2-16H2,1H3. The van der Waals surface area contributed by atoms with Gasteiger partial charge in [0.25, 0.3) is 11.8 Å². The fourth-order valence-electron chi connectivity index (χ4n) is 5.50. The van der Waals surface area contributed by atoms with Crippen LogP contribution in [0.3, 0.4) is 0 Å². The maximum Gasteiger partial charge on any atom is 0.261 e. The fraction of sp³-hybridized carbons (Fsp3) is 0.789. The quantitative estimate of drug-likeness (QED) is 0.0715. The number of nitrogens with two attached hydrogens (primary N) is 1. The molecule has 0 bridgehead atoms. The number of rotatable bonds is 29. The average molecular weight is 617 g/mol. The number of fused-ring (bicyclic) bond motifs is 1. The molecule has 254 valence electrons. The zero-order valence-electron chi connectivity index (χ0n) is 28.8. The zero-order valence-corrected chi connectivity index (χ0v) is 28.8.